The van der Waals surface area contributed by atoms with Gasteiger partial charge in [-0.05, 0) is 170 Å². The van der Waals surface area contributed by atoms with E-state index in [1.807, 2.05) is 47.9 Å². The van der Waals surface area contributed by atoms with E-state index >= 15 is 0 Å². The Kier molecular flexibility index (Phi) is 18.5. The number of unbranched alkanes of at least 4 members (excludes halogenated alkanes) is 3. The zero-order valence-electron chi connectivity index (χ0n) is 41.7. The molecule has 60 heavy (non-hydrogen) atoms. The van der Waals surface area contributed by atoms with Crippen molar-refractivity contribution in [3.05, 3.63) is 23.8 Å². The molecule has 0 aromatic heterocycles. The molecular formula is C54H95NO5. The fourth-order valence-electron chi connectivity index (χ4n) is 12.0. The molecule has 0 aromatic rings. The van der Waals surface area contributed by atoms with Gasteiger partial charge in [-0.25, -0.2) is 0 Å². The summed E-state index contributed by atoms with van der Waals surface area (Å²) in [4.78, 5) is 28.1. The van der Waals surface area contributed by atoms with Crippen LogP contribution in [0.15, 0.2) is 23.8 Å². The SMILES string of the molecule is CC(C)CCCCC1CCC2C3CC=C4CC(OCCCCCC(OC(=O)CCCN(C)C)C(C)(C)C(C)(C)/C=C/COC(=O)C(C)(C)C(C)C)CCC4(C)C3CCC12C. The van der Waals surface area contributed by atoms with Crippen LogP contribution in [0.5, 0.6) is 0 Å². The third kappa shape index (κ3) is 12.5. The highest BCUT2D eigenvalue weighted by atomic mass is 16.5. The first-order chi connectivity index (χ1) is 28.1. The van der Waals surface area contributed by atoms with E-state index in [1.165, 1.54) is 70.6 Å². The van der Waals surface area contributed by atoms with Crippen molar-refractivity contribution in [1.82, 2.24) is 4.90 Å². The Morgan fingerprint density at radius 2 is 1.58 bits per heavy atom. The van der Waals surface area contributed by atoms with Crippen LogP contribution in [0, 0.1) is 62.6 Å². The third-order valence-electron chi connectivity index (χ3n) is 17.8. The van der Waals surface area contributed by atoms with Crippen LogP contribution >= 0.6 is 0 Å². The van der Waals surface area contributed by atoms with Crippen LogP contribution in [0.3, 0.4) is 0 Å². The number of hydrogen-bond donors (Lipinski definition) is 0. The molecule has 0 spiro atoms. The molecule has 0 amide bonds. The van der Waals surface area contributed by atoms with E-state index in [0.717, 1.165) is 81.3 Å². The van der Waals surface area contributed by atoms with E-state index in [2.05, 4.69) is 72.4 Å². The first-order valence-corrected chi connectivity index (χ1v) is 25.1. The number of rotatable bonds is 24. The Morgan fingerprint density at radius 3 is 2.27 bits per heavy atom. The molecule has 0 radical (unpaired) electrons. The van der Waals surface area contributed by atoms with Gasteiger partial charge in [-0.1, -0.05) is 119 Å². The van der Waals surface area contributed by atoms with E-state index in [9.17, 15) is 9.59 Å². The molecule has 0 bridgehead atoms. The maximum absolute atomic E-state index is 13.2. The summed E-state index contributed by atoms with van der Waals surface area (Å²) in [6.07, 6.45) is 28.5. The van der Waals surface area contributed by atoms with Crippen molar-refractivity contribution in [1.29, 1.82) is 0 Å². The van der Waals surface area contributed by atoms with Crippen molar-refractivity contribution in [2.24, 2.45) is 62.6 Å². The lowest BCUT2D eigenvalue weighted by Crippen LogP contribution is -2.50. The largest absolute Gasteiger partial charge is 0.462 e. The molecule has 6 heteroatoms. The standard InChI is InChI=1S/C54H95NO5/c1-39(2)22-17-18-23-41-27-29-45-44-28-26-42-38-43(30-33-54(42,12)46(44)31-34-53(41,45)11)58-36-19-15-16-24-47(60-48(56)25-20-35-55(13)14)52(9,10)50(5,6)32-21-37-59-49(57)51(7,8)40(3)4/h21,26,32,39-41,43-47H,15-20,22-25,27-31,33-38H2,1-14H3/b32-21+. The van der Waals surface area contributed by atoms with Crippen molar-refractivity contribution >= 4 is 11.9 Å². The number of allylic oxidation sites excluding steroid dienone is 2. The van der Waals surface area contributed by atoms with Crippen LogP contribution in [-0.2, 0) is 23.8 Å². The average molecular weight is 838 g/mol. The summed E-state index contributed by atoms with van der Waals surface area (Å²) >= 11 is 0. The molecule has 3 fully saturated rings. The van der Waals surface area contributed by atoms with Gasteiger partial charge in [0.2, 0.25) is 0 Å². The minimum atomic E-state index is -0.530. The van der Waals surface area contributed by atoms with Crippen LogP contribution in [0.25, 0.3) is 0 Å². The Morgan fingerprint density at radius 1 is 0.867 bits per heavy atom. The van der Waals surface area contributed by atoms with Crippen LogP contribution in [-0.4, -0.2) is 62.9 Å². The quantitative estimate of drug-likeness (QED) is 0.0548. The minimum absolute atomic E-state index is 0.113. The summed E-state index contributed by atoms with van der Waals surface area (Å²) in [6.45, 7) is 28.8. The Balaban J connectivity index is 1.27. The van der Waals surface area contributed by atoms with Crippen molar-refractivity contribution in [2.45, 2.75) is 211 Å². The number of fused-ring (bicyclic) bond motifs is 5. The summed E-state index contributed by atoms with van der Waals surface area (Å²) in [5, 5.41) is 0. The van der Waals surface area contributed by atoms with Crippen molar-refractivity contribution in [3.8, 4) is 0 Å². The summed E-state index contributed by atoms with van der Waals surface area (Å²) in [5.41, 5.74) is 1.47. The van der Waals surface area contributed by atoms with Gasteiger partial charge in [-0.2, -0.15) is 0 Å². The van der Waals surface area contributed by atoms with Gasteiger partial charge in [-0.3, -0.25) is 9.59 Å². The van der Waals surface area contributed by atoms with E-state index in [1.54, 1.807) is 5.57 Å². The second-order valence-corrected chi connectivity index (χ2v) is 23.5. The van der Waals surface area contributed by atoms with Gasteiger partial charge in [0.15, 0.2) is 0 Å². The minimum Gasteiger partial charge on any atom is -0.462 e. The summed E-state index contributed by atoms with van der Waals surface area (Å²) in [7, 11) is 4.07. The highest BCUT2D eigenvalue weighted by Crippen LogP contribution is 2.67. The average Bonchev–Trinajstić information content (AvgIpc) is 3.51. The van der Waals surface area contributed by atoms with Crippen molar-refractivity contribution < 1.29 is 23.8 Å². The highest BCUT2D eigenvalue weighted by Gasteiger charge is 2.58. The highest BCUT2D eigenvalue weighted by molar-refractivity contribution is 5.76. The lowest BCUT2D eigenvalue weighted by atomic mass is 9.47. The predicted octanol–water partition coefficient (Wildman–Crippen LogP) is 13.8. The summed E-state index contributed by atoms with van der Waals surface area (Å²) in [6, 6.07) is 0. The van der Waals surface area contributed by atoms with Crippen LogP contribution in [0.4, 0.5) is 0 Å². The second-order valence-electron chi connectivity index (χ2n) is 23.5. The molecular weight excluding hydrogens is 743 g/mol. The van der Waals surface area contributed by atoms with Crippen molar-refractivity contribution in [2.75, 3.05) is 33.9 Å². The van der Waals surface area contributed by atoms with E-state index in [4.69, 9.17) is 14.2 Å². The van der Waals surface area contributed by atoms with Crippen molar-refractivity contribution in [3.63, 3.8) is 0 Å². The van der Waals surface area contributed by atoms with Gasteiger partial charge in [0.1, 0.15) is 12.7 Å². The summed E-state index contributed by atoms with van der Waals surface area (Å²) < 4.78 is 18.7. The van der Waals surface area contributed by atoms with Gasteiger partial charge in [0.05, 0.1) is 11.5 Å². The molecule has 0 aliphatic heterocycles. The molecule has 8 atom stereocenters. The molecule has 0 saturated heterocycles. The van der Waals surface area contributed by atoms with E-state index in [0.29, 0.717) is 23.4 Å². The van der Waals surface area contributed by atoms with E-state index in [-0.39, 0.29) is 41.4 Å². The van der Waals surface area contributed by atoms with Gasteiger partial charge in [0.25, 0.3) is 0 Å². The van der Waals surface area contributed by atoms with Crippen LogP contribution in [0.2, 0.25) is 0 Å². The first kappa shape index (κ1) is 51.0. The molecule has 4 aliphatic carbocycles. The fraction of sp³-hybridized carbons (Fsp3) is 0.889. The van der Waals surface area contributed by atoms with Crippen LogP contribution in [0.1, 0.15) is 199 Å². The van der Waals surface area contributed by atoms with Crippen LogP contribution < -0.4 is 0 Å². The zero-order chi connectivity index (χ0) is 44.5. The molecule has 3 saturated carbocycles. The number of ether oxygens (including phenoxy) is 3. The normalized spacial score (nSPS) is 29.1. The summed E-state index contributed by atoms with van der Waals surface area (Å²) in [5.74, 6) is 4.35. The Labute approximate surface area is 370 Å². The predicted molar refractivity (Wildman–Crippen MR) is 251 cm³/mol. The smallest absolute Gasteiger partial charge is 0.312 e. The number of carbonyl (C=O) groups excluding carboxylic acids is 2. The third-order valence-corrected chi connectivity index (χ3v) is 17.8. The molecule has 6 nitrogen and oxygen atoms in total. The molecule has 8 unspecified atom stereocenters. The lowest BCUT2D eigenvalue weighted by molar-refractivity contribution is -0.160. The van der Waals surface area contributed by atoms with Gasteiger partial charge < -0.3 is 19.1 Å². The first-order valence-electron chi connectivity index (χ1n) is 25.1. The zero-order valence-corrected chi connectivity index (χ0v) is 41.7. The lowest BCUT2D eigenvalue weighted by Gasteiger charge is -2.58. The topological polar surface area (TPSA) is 65.1 Å². The molecule has 4 aliphatic rings. The van der Waals surface area contributed by atoms with Gasteiger partial charge in [-0.15, -0.1) is 0 Å². The monoisotopic (exact) mass is 838 g/mol. The van der Waals surface area contributed by atoms with Gasteiger partial charge >= 0.3 is 11.9 Å². The fourth-order valence-corrected chi connectivity index (χ4v) is 12.0. The maximum Gasteiger partial charge on any atom is 0.312 e. The Hall–Kier alpha value is -1.66. The Bertz CT molecular complexity index is 1420. The molecule has 0 heterocycles. The second kappa shape index (κ2) is 21.8. The van der Waals surface area contributed by atoms with E-state index < -0.39 is 5.41 Å². The number of esters is 2. The molecule has 0 N–H and O–H groups in total. The molecule has 4 rings (SSSR count). The number of nitrogens with zero attached hydrogens (tertiary/aromatic N) is 1. The molecule has 346 valence electrons. The number of carbonyl (C=O) groups is 2. The molecule has 0 aromatic carbocycles. The maximum atomic E-state index is 13.2. The number of hydrogen-bond acceptors (Lipinski definition) is 6. The van der Waals surface area contributed by atoms with Gasteiger partial charge in [0, 0.05) is 18.4 Å².